The van der Waals surface area contributed by atoms with Crippen molar-refractivity contribution in [2.75, 3.05) is 36.0 Å². The summed E-state index contributed by atoms with van der Waals surface area (Å²) in [5.41, 5.74) is 1.31. The van der Waals surface area contributed by atoms with Gasteiger partial charge in [-0.2, -0.15) is 0 Å². The summed E-state index contributed by atoms with van der Waals surface area (Å²) in [6, 6.07) is 14.7. The molecule has 0 aliphatic carbocycles. The molecule has 3 rings (SSSR count). The number of pyridine rings is 1. The van der Waals surface area contributed by atoms with Crippen LogP contribution in [0.1, 0.15) is 0 Å². The van der Waals surface area contributed by atoms with Gasteiger partial charge >= 0.3 is 0 Å². The molecular weight excluding hydrogens is 302 g/mol. The van der Waals surface area contributed by atoms with Gasteiger partial charge in [0.1, 0.15) is 5.82 Å². The molecule has 1 aromatic carbocycles. The predicted molar refractivity (Wildman–Crippen MR) is 82.8 cm³/mol. The van der Waals surface area contributed by atoms with Crippen LogP contribution in [0.5, 0.6) is 0 Å². The largest absolute Gasteiger partial charge is 0.368 e. The summed E-state index contributed by atoms with van der Waals surface area (Å²) in [5, 5.41) is 0. The van der Waals surface area contributed by atoms with Crippen molar-refractivity contribution in [2.24, 2.45) is 0 Å². The minimum atomic E-state index is 1.02. The minimum Gasteiger partial charge on any atom is -0.368 e. The third kappa shape index (κ3) is 2.89. The van der Waals surface area contributed by atoms with Gasteiger partial charge in [-0.15, -0.1) is 0 Å². The Morgan fingerprint density at radius 1 is 0.842 bits per heavy atom. The van der Waals surface area contributed by atoms with Crippen molar-refractivity contribution in [1.82, 2.24) is 4.98 Å². The Hall–Kier alpha value is -1.55. The summed E-state index contributed by atoms with van der Waals surface area (Å²) in [4.78, 5) is 9.23. The molecule has 0 saturated carbocycles. The molecule has 0 amide bonds. The first-order chi connectivity index (χ1) is 9.33. The highest BCUT2D eigenvalue weighted by atomic mass is 79.9. The van der Waals surface area contributed by atoms with Crippen LogP contribution in [0.2, 0.25) is 0 Å². The van der Waals surface area contributed by atoms with Gasteiger partial charge in [0.25, 0.3) is 0 Å². The lowest BCUT2D eigenvalue weighted by molar-refractivity contribution is 0.647. The lowest BCUT2D eigenvalue weighted by Gasteiger charge is -2.36. The molecule has 0 atom stereocenters. The first-order valence-electron chi connectivity index (χ1n) is 6.49. The summed E-state index contributed by atoms with van der Waals surface area (Å²) in [7, 11) is 0. The number of benzene rings is 1. The number of aromatic nitrogens is 1. The third-order valence-electron chi connectivity index (χ3n) is 3.44. The van der Waals surface area contributed by atoms with Crippen LogP contribution in [0.4, 0.5) is 11.5 Å². The normalized spacial score (nSPS) is 15.6. The van der Waals surface area contributed by atoms with E-state index >= 15 is 0 Å². The van der Waals surface area contributed by atoms with Crippen LogP contribution < -0.4 is 9.80 Å². The van der Waals surface area contributed by atoms with E-state index < -0.39 is 0 Å². The van der Waals surface area contributed by atoms with Crippen LogP contribution in [-0.4, -0.2) is 31.2 Å². The molecule has 1 saturated heterocycles. The number of halogens is 1. The Morgan fingerprint density at radius 2 is 1.53 bits per heavy atom. The highest BCUT2D eigenvalue weighted by Gasteiger charge is 2.17. The van der Waals surface area contributed by atoms with E-state index in [0.717, 1.165) is 36.5 Å². The maximum atomic E-state index is 4.46. The second-order valence-corrected chi connectivity index (χ2v) is 5.56. The van der Waals surface area contributed by atoms with Gasteiger partial charge in [-0.3, -0.25) is 0 Å². The molecule has 4 heteroatoms. The summed E-state index contributed by atoms with van der Waals surface area (Å²) in [6.45, 7) is 4.12. The Morgan fingerprint density at radius 3 is 2.16 bits per heavy atom. The highest BCUT2D eigenvalue weighted by molar-refractivity contribution is 9.10. The number of rotatable bonds is 2. The molecule has 0 radical (unpaired) electrons. The van der Waals surface area contributed by atoms with Crippen LogP contribution in [0, 0.1) is 0 Å². The van der Waals surface area contributed by atoms with Crippen molar-refractivity contribution in [2.45, 2.75) is 0 Å². The van der Waals surface area contributed by atoms with E-state index in [1.165, 1.54) is 5.69 Å². The molecule has 0 spiro atoms. The van der Waals surface area contributed by atoms with E-state index in [1.807, 2.05) is 12.3 Å². The van der Waals surface area contributed by atoms with Crippen molar-refractivity contribution in [3.8, 4) is 0 Å². The summed E-state index contributed by atoms with van der Waals surface area (Å²) in [6.07, 6.45) is 1.86. The fraction of sp³-hybridized carbons (Fsp3) is 0.267. The van der Waals surface area contributed by atoms with Gasteiger partial charge in [0, 0.05) is 42.5 Å². The van der Waals surface area contributed by atoms with Crippen molar-refractivity contribution >= 4 is 27.4 Å². The molecular formula is C15H16BrN3. The Kier molecular flexibility index (Phi) is 3.69. The lowest BCUT2D eigenvalue weighted by Crippen LogP contribution is -2.46. The monoisotopic (exact) mass is 317 g/mol. The van der Waals surface area contributed by atoms with Gasteiger partial charge in [0.2, 0.25) is 0 Å². The number of piperazine rings is 1. The van der Waals surface area contributed by atoms with Crippen LogP contribution >= 0.6 is 15.9 Å². The fourth-order valence-corrected chi connectivity index (χ4v) is 2.62. The second kappa shape index (κ2) is 5.61. The van der Waals surface area contributed by atoms with Crippen LogP contribution in [0.25, 0.3) is 0 Å². The fourth-order valence-electron chi connectivity index (χ4n) is 2.39. The first-order valence-corrected chi connectivity index (χ1v) is 7.29. The zero-order chi connectivity index (χ0) is 13.1. The molecule has 2 aromatic rings. The Balaban J connectivity index is 1.65. The highest BCUT2D eigenvalue weighted by Crippen LogP contribution is 2.19. The summed E-state index contributed by atoms with van der Waals surface area (Å²) >= 11 is 3.42. The number of hydrogen-bond donors (Lipinski definition) is 0. The number of hydrogen-bond acceptors (Lipinski definition) is 3. The molecule has 2 heterocycles. The average Bonchev–Trinajstić information content (AvgIpc) is 2.49. The van der Waals surface area contributed by atoms with Crippen LogP contribution in [-0.2, 0) is 0 Å². The SMILES string of the molecule is Brc1ccc(N2CCN(c3ccccc3)CC2)nc1. The van der Waals surface area contributed by atoms with Crippen molar-refractivity contribution in [3.05, 3.63) is 53.1 Å². The Bertz CT molecular complexity index is 519. The standard InChI is InChI=1S/C15H16BrN3/c16-13-6-7-15(17-12-13)19-10-8-18(9-11-19)14-4-2-1-3-5-14/h1-7,12H,8-11H2. The van der Waals surface area contributed by atoms with Gasteiger partial charge in [0.05, 0.1) is 0 Å². The molecule has 1 aromatic heterocycles. The number of para-hydroxylation sites is 1. The van der Waals surface area contributed by atoms with E-state index in [9.17, 15) is 0 Å². The molecule has 98 valence electrons. The van der Waals surface area contributed by atoms with Gasteiger partial charge in [0.15, 0.2) is 0 Å². The Labute approximate surface area is 122 Å². The van der Waals surface area contributed by atoms with E-state index in [4.69, 9.17) is 0 Å². The van der Waals surface area contributed by atoms with Gasteiger partial charge in [-0.1, -0.05) is 18.2 Å². The first kappa shape index (κ1) is 12.5. The predicted octanol–water partition coefficient (Wildman–Crippen LogP) is 3.17. The molecule has 0 N–H and O–H groups in total. The third-order valence-corrected chi connectivity index (χ3v) is 3.91. The number of anilines is 2. The zero-order valence-corrected chi connectivity index (χ0v) is 12.3. The van der Waals surface area contributed by atoms with Crippen LogP contribution in [0.15, 0.2) is 53.1 Å². The maximum Gasteiger partial charge on any atom is 0.128 e. The van der Waals surface area contributed by atoms with Crippen molar-refractivity contribution in [1.29, 1.82) is 0 Å². The molecule has 1 fully saturated rings. The topological polar surface area (TPSA) is 19.4 Å². The minimum absolute atomic E-state index is 1.02. The van der Waals surface area contributed by atoms with Crippen molar-refractivity contribution in [3.63, 3.8) is 0 Å². The molecule has 0 unspecified atom stereocenters. The average molecular weight is 318 g/mol. The van der Waals surface area contributed by atoms with Gasteiger partial charge in [-0.05, 0) is 40.2 Å². The van der Waals surface area contributed by atoms with Gasteiger partial charge in [-0.25, -0.2) is 4.98 Å². The van der Waals surface area contributed by atoms with E-state index in [0.29, 0.717) is 0 Å². The van der Waals surface area contributed by atoms with Crippen LogP contribution in [0.3, 0.4) is 0 Å². The molecule has 3 nitrogen and oxygen atoms in total. The quantitative estimate of drug-likeness (QED) is 0.848. The van der Waals surface area contributed by atoms with E-state index in [2.05, 4.69) is 67.1 Å². The molecule has 19 heavy (non-hydrogen) atoms. The summed E-state index contributed by atoms with van der Waals surface area (Å²) < 4.78 is 1.03. The molecule has 1 aliphatic heterocycles. The summed E-state index contributed by atoms with van der Waals surface area (Å²) in [5.74, 6) is 1.07. The van der Waals surface area contributed by atoms with Crippen molar-refractivity contribution < 1.29 is 0 Å². The van der Waals surface area contributed by atoms with Gasteiger partial charge < -0.3 is 9.80 Å². The van der Waals surface area contributed by atoms with E-state index in [-0.39, 0.29) is 0 Å². The lowest BCUT2D eigenvalue weighted by atomic mass is 10.2. The molecule has 1 aliphatic rings. The second-order valence-electron chi connectivity index (χ2n) is 4.64. The number of nitrogens with zero attached hydrogens (tertiary/aromatic N) is 3. The van der Waals surface area contributed by atoms with E-state index in [1.54, 1.807) is 0 Å². The smallest absolute Gasteiger partial charge is 0.128 e. The maximum absolute atomic E-state index is 4.46. The molecule has 0 bridgehead atoms. The zero-order valence-electron chi connectivity index (χ0n) is 10.7.